The molecule has 4 nitrogen and oxygen atoms in total. The lowest BCUT2D eigenvalue weighted by Gasteiger charge is -1.98. The molecule has 0 amide bonds. The number of aryl methyl sites for hydroxylation is 1. The third kappa shape index (κ3) is 3.44. The smallest absolute Gasteiger partial charge is 0.237 e. The molecule has 0 aliphatic carbocycles. The molecule has 0 aromatic carbocycles. The quantitative estimate of drug-likeness (QED) is 0.779. The number of hydrogen-bond donors (Lipinski definition) is 0. The fourth-order valence-corrected chi connectivity index (χ4v) is 2.29. The molecule has 17 heavy (non-hydrogen) atoms. The number of aromatic nitrogens is 3. The first-order valence-corrected chi connectivity index (χ1v) is 6.70. The minimum atomic E-state index is 0.591. The van der Waals surface area contributed by atoms with Crippen molar-refractivity contribution in [1.29, 1.82) is 0 Å². The summed E-state index contributed by atoms with van der Waals surface area (Å²) in [5.74, 6) is 1.96. The van der Waals surface area contributed by atoms with Crippen molar-refractivity contribution in [3.63, 3.8) is 0 Å². The van der Waals surface area contributed by atoms with E-state index >= 15 is 0 Å². The predicted molar refractivity (Wildman–Crippen MR) is 67.1 cm³/mol. The van der Waals surface area contributed by atoms with E-state index in [0.29, 0.717) is 16.7 Å². The predicted octanol–water partition coefficient (Wildman–Crippen LogP) is 3.36. The Morgan fingerprint density at radius 3 is 3.12 bits per heavy atom. The van der Waals surface area contributed by atoms with Gasteiger partial charge in [-0.15, -0.1) is 0 Å². The van der Waals surface area contributed by atoms with E-state index in [0.717, 1.165) is 23.7 Å². The van der Waals surface area contributed by atoms with Crippen LogP contribution in [0.2, 0.25) is 5.02 Å². The number of halogens is 1. The molecule has 0 aliphatic rings. The van der Waals surface area contributed by atoms with E-state index in [1.807, 2.05) is 6.07 Å². The highest BCUT2D eigenvalue weighted by Crippen LogP contribution is 2.26. The zero-order valence-corrected chi connectivity index (χ0v) is 11.0. The molecular weight excluding hydrogens is 258 g/mol. The minimum Gasteiger partial charge on any atom is -0.338 e. The summed E-state index contributed by atoms with van der Waals surface area (Å²) in [6.07, 6.45) is 3.57. The van der Waals surface area contributed by atoms with Gasteiger partial charge in [-0.2, -0.15) is 4.98 Å². The minimum absolute atomic E-state index is 0.591. The molecule has 2 rings (SSSR count). The highest BCUT2D eigenvalue weighted by molar-refractivity contribution is 7.98. The van der Waals surface area contributed by atoms with Crippen molar-refractivity contribution < 1.29 is 4.52 Å². The van der Waals surface area contributed by atoms with Gasteiger partial charge in [-0.25, -0.2) is 4.98 Å². The van der Waals surface area contributed by atoms with Gasteiger partial charge in [-0.1, -0.05) is 35.4 Å². The molecule has 2 aromatic heterocycles. The Labute approximate surface area is 109 Å². The van der Waals surface area contributed by atoms with Crippen LogP contribution >= 0.6 is 23.4 Å². The molecule has 0 saturated carbocycles. The lowest BCUT2D eigenvalue weighted by Crippen LogP contribution is -1.87. The number of hydrogen-bond acceptors (Lipinski definition) is 5. The maximum atomic E-state index is 6.00. The second-order valence-electron chi connectivity index (χ2n) is 3.43. The maximum absolute atomic E-state index is 6.00. The zero-order chi connectivity index (χ0) is 12.1. The van der Waals surface area contributed by atoms with Gasteiger partial charge in [-0.05, 0) is 18.6 Å². The first-order valence-electron chi connectivity index (χ1n) is 5.34. The summed E-state index contributed by atoms with van der Waals surface area (Å²) in [4.78, 5) is 8.45. The molecule has 0 N–H and O–H groups in total. The van der Waals surface area contributed by atoms with E-state index in [4.69, 9.17) is 16.1 Å². The Morgan fingerprint density at radius 1 is 1.47 bits per heavy atom. The molecule has 2 aromatic rings. The monoisotopic (exact) mass is 269 g/mol. The Bertz CT molecular complexity index is 489. The van der Waals surface area contributed by atoms with Crippen molar-refractivity contribution >= 4 is 23.4 Å². The third-order valence-corrected chi connectivity index (χ3v) is 3.45. The average Bonchev–Trinajstić information content (AvgIpc) is 2.76. The van der Waals surface area contributed by atoms with Gasteiger partial charge in [0.15, 0.2) is 5.82 Å². The third-order valence-electron chi connectivity index (χ3n) is 2.04. The lowest BCUT2D eigenvalue weighted by atomic mass is 10.3. The molecule has 0 radical (unpaired) electrons. The van der Waals surface area contributed by atoms with Crippen molar-refractivity contribution in [1.82, 2.24) is 15.1 Å². The number of rotatable bonds is 5. The molecule has 90 valence electrons. The summed E-state index contributed by atoms with van der Waals surface area (Å²) in [6, 6.07) is 3.62. The SMILES string of the molecule is CCCc1noc(CSc2ncccc2Cl)n1. The molecule has 0 aliphatic heterocycles. The molecular formula is C11H12ClN3OS. The Kier molecular flexibility index (Phi) is 4.39. The second kappa shape index (κ2) is 6.02. The Balaban J connectivity index is 1.95. The van der Waals surface area contributed by atoms with E-state index in [1.54, 1.807) is 12.3 Å². The topological polar surface area (TPSA) is 51.8 Å². The van der Waals surface area contributed by atoms with Gasteiger partial charge < -0.3 is 4.52 Å². The zero-order valence-electron chi connectivity index (χ0n) is 9.39. The van der Waals surface area contributed by atoms with Crippen LogP contribution in [0.15, 0.2) is 27.9 Å². The molecule has 0 saturated heterocycles. The summed E-state index contributed by atoms with van der Waals surface area (Å²) >= 11 is 7.49. The number of thioether (sulfide) groups is 1. The molecule has 6 heteroatoms. The number of nitrogens with zero attached hydrogens (tertiary/aromatic N) is 3. The summed E-state index contributed by atoms with van der Waals surface area (Å²) in [7, 11) is 0. The van der Waals surface area contributed by atoms with Gasteiger partial charge in [0.2, 0.25) is 5.89 Å². The van der Waals surface area contributed by atoms with Crippen LogP contribution in [0.5, 0.6) is 0 Å². The fourth-order valence-electron chi connectivity index (χ4n) is 1.28. The first-order chi connectivity index (χ1) is 8.29. The highest BCUT2D eigenvalue weighted by atomic mass is 35.5. The first kappa shape index (κ1) is 12.4. The van der Waals surface area contributed by atoms with Crippen LogP contribution in [0.1, 0.15) is 25.1 Å². The molecule has 0 unspecified atom stereocenters. The van der Waals surface area contributed by atoms with Crippen LogP contribution in [0, 0.1) is 0 Å². The second-order valence-corrected chi connectivity index (χ2v) is 4.80. The molecule has 0 spiro atoms. The summed E-state index contributed by atoms with van der Waals surface area (Å²) in [6.45, 7) is 2.08. The van der Waals surface area contributed by atoms with Crippen molar-refractivity contribution in [3.05, 3.63) is 35.1 Å². The van der Waals surface area contributed by atoms with E-state index in [9.17, 15) is 0 Å². The van der Waals surface area contributed by atoms with Crippen molar-refractivity contribution in [2.24, 2.45) is 0 Å². The van der Waals surface area contributed by atoms with Gasteiger partial charge >= 0.3 is 0 Å². The molecule has 0 fully saturated rings. The van der Waals surface area contributed by atoms with Crippen LogP contribution in [-0.4, -0.2) is 15.1 Å². The highest BCUT2D eigenvalue weighted by Gasteiger charge is 2.08. The lowest BCUT2D eigenvalue weighted by molar-refractivity contribution is 0.384. The van der Waals surface area contributed by atoms with Gasteiger partial charge in [0.25, 0.3) is 0 Å². The molecule has 2 heterocycles. The van der Waals surface area contributed by atoms with Crippen molar-refractivity contribution in [3.8, 4) is 0 Å². The molecule has 0 bridgehead atoms. The Morgan fingerprint density at radius 2 is 2.35 bits per heavy atom. The summed E-state index contributed by atoms with van der Waals surface area (Å²) in [5.41, 5.74) is 0. The Hall–Kier alpha value is -1.07. The van der Waals surface area contributed by atoms with Crippen LogP contribution in [-0.2, 0) is 12.2 Å². The molecule has 0 atom stereocenters. The van der Waals surface area contributed by atoms with E-state index in [1.165, 1.54) is 11.8 Å². The maximum Gasteiger partial charge on any atom is 0.237 e. The van der Waals surface area contributed by atoms with Gasteiger partial charge in [-0.3, -0.25) is 0 Å². The van der Waals surface area contributed by atoms with E-state index in [2.05, 4.69) is 22.0 Å². The van der Waals surface area contributed by atoms with Crippen LogP contribution in [0.3, 0.4) is 0 Å². The van der Waals surface area contributed by atoms with Crippen LogP contribution < -0.4 is 0 Å². The van der Waals surface area contributed by atoms with Gasteiger partial charge in [0.05, 0.1) is 10.8 Å². The van der Waals surface area contributed by atoms with E-state index < -0.39 is 0 Å². The fraction of sp³-hybridized carbons (Fsp3) is 0.364. The largest absolute Gasteiger partial charge is 0.338 e. The van der Waals surface area contributed by atoms with Crippen LogP contribution in [0.4, 0.5) is 0 Å². The van der Waals surface area contributed by atoms with Crippen molar-refractivity contribution in [2.75, 3.05) is 0 Å². The van der Waals surface area contributed by atoms with Crippen LogP contribution in [0.25, 0.3) is 0 Å². The van der Waals surface area contributed by atoms with Gasteiger partial charge in [0, 0.05) is 12.6 Å². The van der Waals surface area contributed by atoms with Crippen molar-refractivity contribution in [2.45, 2.75) is 30.5 Å². The summed E-state index contributed by atoms with van der Waals surface area (Å²) < 4.78 is 5.13. The number of pyridine rings is 1. The standard InChI is InChI=1S/C11H12ClN3OS/c1-2-4-9-14-10(16-15-9)7-17-11-8(12)5-3-6-13-11/h3,5-6H,2,4,7H2,1H3. The average molecular weight is 270 g/mol. The van der Waals surface area contributed by atoms with E-state index in [-0.39, 0.29) is 0 Å². The van der Waals surface area contributed by atoms with Gasteiger partial charge in [0.1, 0.15) is 5.03 Å². The summed E-state index contributed by atoms with van der Waals surface area (Å²) in [5, 5.41) is 5.31. The normalized spacial score (nSPS) is 10.7.